The van der Waals surface area contributed by atoms with Crippen molar-refractivity contribution in [1.82, 2.24) is 0 Å². The van der Waals surface area contributed by atoms with E-state index >= 15 is 0 Å². The lowest BCUT2D eigenvalue weighted by Crippen LogP contribution is -2.34. The van der Waals surface area contributed by atoms with E-state index in [9.17, 15) is 0 Å². The van der Waals surface area contributed by atoms with Crippen LogP contribution in [0.4, 0.5) is 5.69 Å². The molecule has 3 nitrogen and oxygen atoms in total. The first-order valence-corrected chi connectivity index (χ1v) is 7.25. The molecule has 2 rings (SSSR count). The van der Waals surface area contributed by atoms with Crippen molar-refractivity contribution in [2.45, 2.75) is 38.1 Å². The molecule has 18 heavy (non-hydrogen) atoms. The second-order valence-electron chi connectivity index (χ2n) is 4.98. The van der Waals surface area contributed by atoms with Crippen molar-refractivity contribution >= 4 is 27.5 Å². The van der Waals surface area contributed by atoms with Crippen LogP contribution in [0.25, 0.3) is 0 Å². The Bertz CT molecular complexity index is 439. The van der Waals surface area contributed by atoms with Gasteiger partial charge in [0.2, 0.25) is 0 Å². The zero-order valence-electron chi connectivity index (χ0n) is 10.7. The van der Waals surface area contributed by atoms with Gasteiger partial charge in [-0.1, -0.05) is 35.2 Å². The molecule has 0 unspecified atom stereocenters. The summed E-state index contributed by atoms with van der Waals surface area (Å²) in [6.45, 7) is 0. The van der Waals surface area contributed by atoms with Crippen LogP contribution in [0, 0.1) is 5.41 Å². The van der Waals surface area contributed by atoms with E-state index in [0.717, 1.165) is 15.7 Å². The summed E-state index contributed by atoms with van der Waals surface area (Å²) in [6, 6.07) is 6.49. The van der Waals surface area contributed by atoms with Gasteiger partial charge >= 0.3 is 0 Å². The van der Waals surface area contributed by atoms with Crippen LogP contribution >= 0.6 is 15.9 Å². The number of hydrogen-bond acceptors (Lipinski definition) is 2. The lowest BCUT2D eigenvalue weighted by atomic mass is 9.93. The van der Waals surface area contributed by atoms with Crippen LogP contribution in [0.15, 0.2) is 22.7 Å². The van der Waals surface area contributed by atoms with Crippen molar-refractivity contribution in [2.24, 2.45) is 5.73 Å². The third kappa shape index (κ3) is 2.86. The van der Waals surface area contributed by atoms with Gasteiger partial charge in [0, 0.05) is 28.8 Å². The molecule has 1 aromatic carbocycles. The minimum absolute atomic E-state index is 0.139. The zero-order chi connectivity index (χ0) is 13.1. The maximum Gasteiger partial charge on any atom is 0.124 e. The molecule has 0 aliphatic heterocycles. The van der Waals surface area contributed by atoms with Crippen molar-refractivity contribution in [1.29, 1.82) is 5.41 Å². The van der Waals surface area contributed by atoms with Gasteiger partial charge in [0.15, 0.2) is 0 Å². The van der Waals surface area contributed by atoms with Crippen molar-refractivity contribution in [3.8, 4) is 0 Å². The minimum Gasteiger partial charge on any atom is -0.384 e. The predicted molar refractivity (Wildman–Crippen MR) is 80.4 cm³/mol. The number of nitrogens with zero attached hydrogens (tertiary/aromatic N) is 1. The molecule has 1 saturated carbocycles. The fraction of sp³-hybridized carbons (Fsp3) is 0.500. The van der Waals surface area contributed by atoms with Crippen molar-refractivity contribution in [3.63, 3.8) is 0 Å². The highest BCUT2D eigenvalue weighted by atomic mass is 79.9. The van der Waals surface area contributed by atoms with Gasteiger partial charge in [-0.2, -0.15) is 0 Å². The SMILES string of the molecule is CN(c1cc(Br)ccc1C(=N)N)C1CCCCC1. The molecule has 1 fully saturated rings. The van der Waals surface area contributed by atoms with Crippen molar-refractivity contribution in [3.05, 3.63) is 28.2 Å². The first kappa shape index (κ1) is 13.4. The Morgan fingerprint density at radius 2 is 2.00 bits per heavy atom. The monoisotopic (exact) mass is 309 g/mol. The maximum absolute atomic E-state index is 7.69. The van der Waals surface area contributed by atoms with Gasteiger partial charge in [0.05, 0.1) is 0 Å². The summed E-state index contributed by atoms with van der Waals surface area (Å²) in [5.41, 5.74) is 7.56. The Labute approximate surface area is 117 Å². The average Bonchev–Trinajstić information content (AvgIpc) is 2.38. The largest absolute Gasteiger partial charge is 0.384 e. The van der Waals surface area contributed by atoms with Gasteiger partial charge in [0.1, 0.15) is 5.84 Å². The summed E-state index contributed by atoms with van der Waals surface area (Å²) in [5, 5.41) is 7.69. The van der Waals surface area contributed by atoms with E-state index in [0.29, 0.717) is 6.04 Å². The Balaban J connectivity index is 2.30. The summed E-state index contributed by atoms with van der Waals surface area (Å²) in [4.78, 5) is 2.29. The van der Waals surface area contributed by atoms with Crippen LogP contribution in [0.3, 0.4) is 0 Å². The average molecular weight is 310 g/mol. The summed E-state index contributed by atoms with van der Waals surface area (Å²) in [5.74, 6) is 0.139. The molecule has 98 valence electrons. The fourth-order valence-corrected chi connectivity index (χ4v) is 3.04. The Kier molecular flexibility index (Phi) is 4.27. The van der Waals surface area contributed by atoms with Crippen molar-refractivity contribution < 1.29 is 0 Å². The van der Waals surface area contributed by atoms with E-state index in [4.69, 9.17) is 11.1 Å². The highest BCUT2D eigenvalue weighted by molar-refractivity contribution is 9.10. The van der Waals surface area contributed by atoms with Gasteiger partial charge in [-0.25, -0.2) is 0 Å². The van der Waals surface area contributed by atoms with E-state index in [1.54, 1.807) is 0 Å². The molecular formula is C14H20BrN3. The van der Waals surface area contributed by atoms with Gasteiger partial charge in [-0.05, 0) is 31.0 Å². The van der Waals surface area contributed by atoms with Crippen LogP contribution in [-0.4, -0.2) is 18.9 Å². The quantitative estimate of drug-likeness (QED) is 0.663. The normalized spacial score (nSPS) is 16.6. The van der Waals surface area contributed by atoms with E-state index in [1.807, 2.05) is 12.1 Å². The predicted octanol–water partition coefficient (Wildman–Crippen LogP) is 3.50. The molecule has 0 atom stereocenters. The smallest absolute Gasteiger partial charge is 0.124 e. The summed E-state index contributed by atoms with van der Waals surface area (Å²) in [6.07, 6.45) is 6.43. The molecule has 0 heterocycles. The highest BCUT2D eigenvalue weighted by Crippen LogP contribution is 2.30. The number of nitrogen functional groups attached to an aromatic ring is 1. The second kappa shape index (κ2) is 5.74. The minimum atomic E-state index is 0.139. The van der Waals surface area contributed by atoms with E-state index in [1.165, 1.54) is 32.1 Å². The molecule has 1 aromatic rings. The van der Waals surface area contributed by atoms with Gasteiger partial charge < -0.3 is 10.6 Å². The molecule has 0 bridgehead atoms. The number of rotatable bonds is 3. The fourth-order valence-electron chi connectivity index (χ4n) is 2.69. The number of benzene rings is 1. The maximum atomic E-state index is 7.69. The van der Waals surface area contributed by atoms with Gasteiger partial charge in [-0.15, -0.1) is 0 Å². The molecular weight excluding hydrogens is 290 g/mol. The van der Waals surface area contributed by atoms with Crippen LogP contribution in [-0.2, 0) is 0 Å². The molecule has 4 heteroatoms. The molecule has 0 spiro atoms. The molecule has 0 amide bonds. The molecule has 3 N–H and O–H groups in total. The van der Waals surface area contributed by atoms with Crippen LogP contribution in [0.1, 0.15) is 37.7 Å². The summed E-state index contributed by atoms with van der Waals surface area (Å²) in [7, 11) is 2.12. The Hall–Kier alpha value is -1.03. The molecule has 0 aromatic heterocycles. The number of anilines is 1. The number of nitrogens with two attached hydrogens (primary N) is 1. The van der Waals surface area contributed by atoms with Gasteiger partial charge in [0.25, 0.3) is 0 Å². The highest BCUT2D eigenvalue weighted by Gasteiger charge is 2.21. The van der Waals surface area contributed by atoms with Crippen molar-refractivity contribution in [2.75, 3.05) is 11.9 Å². The third-order valence-corrected chi connectivity index (χ3v) is 4.25. The molecule has 1 aliphatic rings. The number of halogens is 1. The summed E-state index contributed by atoms with van der Waals surface area (Å²) >= 11 is 3.50. The van der Waals surface area contributed by atoms with Crippen LogP contribution < -0.4 is 10.6 Å². The van der Waals surface area contributed by atoms with E-state index in [-0.39, 0.29) is 5.84 Å². The number of hydrogen-bond donors (Lipinski definition) is 2. The first-order chi connectivity index (χ1) is 8.59. The third-order valence-electron chi connectivity index (χ3n) is 3.75. The zero-order valence-corrected chi connectivity index (χ0v) is 12.3. The Morgan fingerprint density at radius 3 is 2.61 bits per heavy atom. The lowest BCUT2D eigenvalue weighted by Gasteiger charge is -2.34. The summed E-state index contributed by atoms with van der Waals surface area (Å²) < 4.78 is 1.03. The van der Waals surface area contributed by atoms with Gasteiger partial charge in [-0.3, -0.25) is 5.41 Å². The van der Waals surface area contributed by atoms with E-state index < -0.39 is 0 Å². The first-order valence-electron chi connectivity index (χ1n) is 6.46. The number of amidine groups is 1. The molecule has 1 aliphatic carbocycles. The lowest BCUT2D eigenvalue weighted by molar-refractivity contribution is 0.427. The topological polar surface area (TPSA) is 53.1 Å². The molecule has 0 radical (unpaired) electrons. The van der Waals surface area contributed by atoms with E-state index in [2.05, 4.69) is 33.9 Å². The standard InChI is InChI=1S/C14H20BrN3/c1-18(11-5-3-2-4-6-11)13-9-10(15)7-8-12(13)14(16)17/h7-9,11H,2-6H2,1H3,(H3,16,17). The van der Waals surface area contributed by atoms with Crippen LogP contribution in [0.2, 0.25) is 0 Å². The molecule has 0 saturated heterocycles. The number of nitrogens with one attached hydrogen (secondary N) is 1. The Morgan fingerprint density at radius 1 is 1.33 bits per heavy atom. The second-order valence-corrected chi connectivity index (χ2v) is 5.89. The van der Waals surface area contributed by atoms with Crippen LogP contribution in [0.5, 0.6) is 0 Å².